The van der Waals surface area contributed by atoms with E-state index in [4.69, 9.17) is 9.26 Å². The summed E-state index contributed by atoms with van der Waals surface area (Å²) in [4.78, 5) is 27.3. The number of nitrogens with zero attached hydrogens (tertiary/aromatic N) is 2. The standard InChI is InChI=1S/C19H17N3O4/c1-12-4-3-5-15(10-12)18-21-17(26-22-18)11-20-19(24)14-6-8-16(9-7-14)25-13(2)23/h3-10H,11H2,1-2H3,(H,20,24). The average molecular weight is 351 g/mol. The monoisotopic (exact) mass is 351 g/mol. The largest absolute Gasteiger partial charge is 0.427 e. The summed E-state index contributed by atoms with van der Waals surface area (Å²) in [5.74, 6) is 0.460. The summed E-state index contributed by atoms with van der Waals surface area (Å²) >= 11 is 0. The Labute approximate surface area is 150 Å². The third kappa shape index (κ3) is 4.32. The van der Waals surface area contributed by atoms with Crippen molar-refractivity contribution in [3.05, 3.63) is 65.5 Å². The minimum Gasteiger partial charge on any atom is -0.427 e. The number of benzene rings is 2. The first-order chi connectivity index (χ1) is 12.5. The second kappa shape index (κ2) is 7.60. The molecule has 0 aliphatic heterocycles. The van der Waals surface area contributed by atoms with Crippen LogP contribution in [0, 0.1) is 6.92 Å². The topological polar surface area (TPSA) is 94.3 Å². The zero-order chi connectivity index (χ0) is 18.5. The number of ether oxygens (including phenoxy) is 1. The summed E-state index contributed by atoms with van der Waals surface area (Å²) < 4.78 is 10.1. The van der Waals surface area contributed by atoms with E-state index in [9.17, 15) is 9.59 Å². The number of hydrogen-bond donors (Lipinski definition) is 1. The molecular weight excluding hydrogens is 334 g/mol. The van der Waals surface area contributed by atoms with Crippen LogP contribution >= 0.6 is 0 Å². The molecular formula is C19H17N3O4. The van der Waals surface area contributed by atoms with Gasteiger partial charge in [0.2, 0.25) is 11.7 Å². The Hall–Kier alpha value is -3.48. The summed E-state index contributed by atoms with van der Waals surface area (Å²) in [7, 11) is 0. The first kappa shape index (κ1) is 17.3. The molecule has 0 fully saturated rings. The Balaban J connectivity index is 1.60. The lowest BCUT2D eigenvalue weighted by molar-refractivity contribution is -0.131. The van der Waals surface area contributed by atoms with Crippen LogP contribution in [0.4, 0.5) is 0 Å². The average Bonchev–Trinajstić information content (AvgIpc) is 3.09. The lowest BCUT2D eigenvalue weighted by Crippen LogP contribution is -2.22. The molecule has 7 nitrogen and oxygen atoms in total. The molecule has 1 aromatic heterocycles. The summed E-state index contributed by atoms with van der Waals surface area (Å²) in [5, 5.41) is 6.64. The van der Waals surface area contributed by atoms with Crippen molar-refractivity contribution in [3.8, 4) is 17.1 Å². The van der Waals surface area contributed by atoms with E-state index in [1.165, 1.54) is 6.92 Å². The normalized spacial score (nSPS) is 10.4. The Bertz CT molecular complexity index is 932. The highest BCUT2D eigenvalue weighted by molar-refractivity contribution is 5.94. The molecule has 0 unspecified atom stereocenters. The van der Waals surface area contributed by atoms with Crippen molar-refractivity contribution in [2.24, 2.45) is 0 Å². The number of aryl methyl sites for hydroxylation is 1. The van der Waals surface area contributed by atoms with Crippen molar-refractivity contribution in [1.29, 1.82) is 0 Å². The minimum atomic E-state index is -0.414. The van der Waals surface area contributed by atoms with Gasteiger partial charge in [0, 0.05) is 18.1 Å². The van der Waals surface area contributed by atoms with Crippen LogP contribution in [0.25, 0.3) is 11.4 Å². The van der Waals surface area contributed by atoms with Crippen LogP contribution in [-0.4, -0.2) is 22.0 Å². The molecule has 0 bridgehead atoms. The number of amides is 1. The van der Waals surface area contributed by atoms with Gasteiger partial charge < -0.3 is 14.6 Å². The van der Waals surface area contributed by atoms with Crippen molar-refractivity contribution in [2.75, 3.05) is 0 Å². The van der Waals surface area contributed by atoms with Crippen molar-refractivity contribution >= 4 is 11.9 Å². The van der Waals surface area contributed by atoms with Crippen molar-refractivity contribution < 1.29 is 18.8 Å². The number of hydrogen-bond acceptors (Lipinski definition) is 6. The molecule has 132 valence electrons. The fourth-order valence-electron chi connectivity index (χ4n) is 2.33. The molecule has 0 saturated carbocycles. The molecule has 1 heterocycles. The molecule has 0 atom stereocenters. The van der Waals surface area contributed by atoms with E-state index in [1.54, 1.807) is 24.3 Å². The van der Waals surface area contributed by atoms with E-state index < -0.39 is 5.97 Å². The number of esters is 1. The Morgan fingerprint density at radius 2 is 1.92 bits per heavy atom. The van der Waals surface area contributed by atoms with Gasteiger partial charge in [-0.05, 0) is 37.3 Å². The quantitative estimate of drug-likeness (QED) is 0.561. The maximum absolute atomic E-state index is 12.2. The van der Waals surface area contributed by atoms with Crippen molar-refractivity contribution in [1.82, 2.24) is 15.5 Å². The number of carbonyl (C=O) groups is 2. The summed E-state index contributed by atoms with van der Waals surface area (Å²) in [6, 6.07) is 14.0. The lowest BCUT2D eigenvalue weighted by Gasteiger charge is -2.04. The summed E-state index contributed by atoms with van der Waals surface area (Å²) in [6.45, 7) is 3.41. The molecule has 3 rings (SSSR count). The van der Waals surface area contributed by atoms with E-state index in [1.807, 2.05) is 31.2 Å². The molecule has 7 heteroatoms. The van der Waals surface area contributed by atoms with Crippen LogP contribution in [0.2, 0.25) is 0 Å². The molecule has 2 aromatic carbocycles. The third-order valence-electron chi connectivity index (χ3n) is 3.52. The van der Waals surface area contributed by atoms with E-state index in [2.05, 4.69) is 15.5 Å². The maximum atomic E-state index is 12.2. The molecule has 0 saturated heterocycles. The molecule has 1 amide bonds. The molecule has 0 aliphatic carbocycles. The van der Waals surface area contributed by atoms with E-state index in [0.29, 0.717) is 23.0 Å². The predicted octanol–water partition coefficient (Wildman–Crippen LogP) is 2.90. The van der Waals surface area contributed by atoms with Gasteiger partial charge in [-0.25, -0.2) is 0 Å². The van der Waals surface area contributed by atoms with Crippen LogP contribution in [0.1, 0.15) is 28.7 Å². The number of carbonyl (C=O) groups excluding carboxylic acids is 2. The minimum absolute atomic E-state index is 0.114. The van der Waals surface area contributed by atoms with Gasteiger partial charge in [-0.1, -0.05) is 28.9 Å². The highest BCUT2D eigenvalue weighted by atomic mass is 16.5. The zero-order valence-corrected chi connectivity index (χ0v) is 14.4. The van der Waals surface area contributed by atoms with Gasteiger partial charge in [-0.15, -0.1) is 0 Å². The molecule has 26 heavy (non-hydrogen) atoms. The predicted molar refractivity (Wildman–Crippen MR) is 93.4 cm³/mol. The van der Waals surface area contributed by atoms with Crippen LogP contribution in [0.3, 0.4) is 0 Å². The van der Waals surface area contributed by atoms with Gasteiger partial charge in [0.25, 0.3) is 5.91 Å². The van der Waals surface area contributed by atoms with Gasteiger partial charge >= 0.3 is 5.97 Å². The second-order valence-electron chi connectivity index (χ2n) is 5.68. The molecule has 0 aliphatic rings. The number of rotatable bonds is 5. The van der Waals surface area contributed by atoms with Gasteiger partial charge in [0.1, 0.15) is 5.75 Å². The highest BCUT2D eigenvalue weighted by Crippen LogP contribution is 2.17. The van der Waals surface area contributed by atoms with E-state index >= 15 is 0 Å². The molecule has 0 radical (unpaired) electrons. The molecule has 0 spiro atoms. The highest BCUT2D eigenvalue weighted by Gasteiger charge is 2.11. The zero-order valence-electron chi connectivity index (χ0n) is 14.4. The van der Waals surface area contributed by atoms with Gasteiger partial charge in [-0.2, -0.15) is 4.98 Å². The maximum Gasteiger partial charge on any atom is 0.308 e. The molecule has 1 N–H and O–H groups in total. The van der Waals surface area contributed by atoms with Gasteiger partial charge in [-0.3, -0.25) is 9.59 Å². The van der Waals surface area contributed by atoms with Crippen molar-refractivity contribution in [3.63, 3.8) is 0 Å². The van der Waals surface area contributed by atoms with E-state index in [0.717, 1.165) is 11.1 Å². The Kier molecular flexibility index (Phi) is 5.07. The van der Waals surface area contributed by atoms with Crippen LogP contribution in [0.5, 0.6) is 5.75 Å². The SMILES string of the molecule is CC(=O)Oc1ccc(C(=O)NCc2nc(-c3cccc(C)c3)no2)cc1. The second-order valence-corrected chi connectivity index (χ2v) is 5.68. The summed E-state index contributed by atoms with van der Waals surface area (Å²) in [6.07, 6.45) is 0. The number of aromatic nitrogens is 2. The van der Waals surface area contributed by atoms with Crippen LogP contribution in [-0.2, 0) is 11.3 Å². The van der Waals surface area contributed by atoms with Gasteiger partial charge in [0.15, 0.2) is 0 Å². The van der Waals surface area contributed by atoms with E-state index in [-0.39, 0.29) is 12.5 Å². The Morgan fingerprint density at radius 3 is 2.62 bits per heavy atom. The van der Waals surface area contributed by atoms with Crippen LogP contribution in [0.15, 0.2) is 53.1 Å². The first-order valence-corrected chi connectivity index (χ1v) is 7.97. The smallest absolute Gasteiger partial charge is 0.308 e. The van der Waals surface area contributed by atoms with Gasteiger partial charge in [0.05, 0.1) is 6.54 Å². The fraction of sp³-hybridized carbons (Fsp3) is 0.158. The summed E-state index contributed by atoms with van der Waals surface area (Å²) in [5.41, 5.74) is 2.38. The third-order valence-corrected chi connectivity index (χ3v) is 3.52. The lowest BCUT2D eigenvalue weighted by atomic mass is 10.1. The Morgan fingerprint density at radius 1 is 1.15 bits per heavy atom. The van der Waals surface area contributed by atoms with Crippen LogP contribution < -0.4 is 10.1 Å². The first-order valence-electron chi connectivity index (χ1n) is 7.97. The number of nitrogens with one attached hydrogen (secondary N) is 1. The fourth-order valence-corrected chi connectivity index (χ4v) is 2.33. The molecule has 3 aromatic rings. The van der Waals surface area contributed by atoms with Crippen molar-refractivity contribution in [2.45, 2.75) is 20.4 Å².